The van der Waals surface area contributed by atoms with E-state index in [1.807, 2.05) is 32.6 Å². The van der Waals surface area contributed by atoms with Crippen molar-refractivity contribution < 1.29 is 14.1 Å². The molecule has 2 aromatic heterocycles. The van der Waals surface area contributed by atoms with E-state index in [0.717, 1.165) is 17.1 Å². The van der Waals surface area contributed by atoms with Crippen molar-refractivity contribution in [2.45, 2.75) is 58.9 Å². The molecular formula is C20H27N5O3S. The molecule has 0 aromatic carbocycles. The van der Waals surface area contributed by atoms with Gasteiger partial charge in [-0.3, -0.25) is 9.59 Å². The van der Waals surface area contributed by atoms with Gasteiger partial charge in [0.2, 0.25) is 11.8 Å². The molecule has 1 saturated heterocycles. The summed E-state index contributed by atoms with van der Waals surface area (Å²) in [5.41, 5.74) is 0.363. The van der Waals surface area contributed by atoms with Crippen molar-refractivity contribution >= 4 is 23.2 Å². The highest BCUT2D eigenvalue weighted by Gasteiger charge is 2.58. The van der Waals surface area contributed by atoms with Crippen LogP contribution in [0.1, 0.15) is 58.8 Å². The summed E-state index contributed by atoms with van der Waals surface area (Å²) in [5, 5.41) is 8.06. The first-order chi connectivity index (χ1) is 13.7. The second kappa shape index (κ2) is 7.19. The number of nitrogens with one attached hydrogen (secondary N) is 1. The van der Waals surface area contributed by atoms with Crippen molar-refractivity contribution in [2.24, 2.45) is 11.8 Å². The Labute approximate surface area is 174 Å². The lowest BCUT2D eigenvalue weighted by Crippen LogP contribution is -2.40. The summed E-state index contributed by atoms with van der Waals surface area (Å²) in [6.45, 7) is 10.6. The number of amides is 2. The van der Waals surface area contributed by atoms with Crippen molar-refractivity contribution in [1.82, 2.24) is 25.3 Å². The molecule has 1 aliphatic heterocycles. The molecule has 2 aromatic rings. The van der Waals surface area contributed by atoms with Crippen LogP contribution in [0.2, 0.25) is 0 Å². The van der Waals surface area contributed by atoms with Crippen LogP contribution in [-0.4, -0.2) is 51.0 Å². The number of likely N-dealkylation sites (tertiary alicyclic amines) is 1. The van der Waals surface area contributed by atoms with Crippen LogP contribution in [0, 0.1) is 32.6 Å². The van der Waals surface area contributed by atoms with Gasteiger partial charge >= 0.3 is 0 Å². The van der Waals surface area contributed by atoms with Gasteiger partial charge in [0.15, 0.2) is 5.82 Å². The predicted molar refractivity (Wildman–Crippen MR) is 108 cm³/mol. The van der Waals surface area contributed by atoms with Gasteiger partial charge in [0.05, 0.1) is 16.1 Å². The largest absolute Gasteiger partial charge is 0.349 e. The molecule has 156 valence electrons. The van der Waals surface area contributed by atoms with Gasteiger partial charge in [-0.25, -0.2) is 4.98 Å². The molecular weight excluding hydrogens is 390 g/mol. The Hall–Kier alpha value is -2.29. The Bertz CT molecular complexity index is 952. The van der Waals surface area contributed by atoms with Gasteiger partial charge in [-0.2, -0.15) is 4.98 Å². The second-order valence-electron chi connectivity index (χ2n) is 8.63. The Kier molecular flexibility index (Phi) is 4.96. The number of aryl methyl sites for hydroxylation is 3. The summed E-state index contributed by atoms with van der Waals surface area (Å²) in [4.78, 5) is 36.9. The lowest BCUT2D eigenvalue weighted by molar-refractivity contribution is -0.133. The van der Waals surface area contributed by atoms with Crippen LogP contribution in [-0.2, 0) is 10.2 Å². The number of aromatic nitrogens is 3. The minimum Gasteiger partial charge on any atom is -0.349 e. The van der Waals surface area contributed by atoms with Crippen LogP contribution in [0.25, 0.3) is 0 Å². The van der Waals surface area contributed by atoms with Crippen molar-refractivity contribution in [2.75, 3.05) is 13.1 Å². The first-order valence-electron chi connectivity index (χ1n) is 10.0. The Morgan fingerprint density at radius 2 is 2.03 bits per heavy atom. The minimum absolute atomic E-state index is 0.00202. The van der Waals surface area contributed by atoms with E-state index >= 15 is 0 Å². The molecule has 1 N–H and O–H groups in total. The first kappa shape index (κ1) is 20.0. The maximum Gasteiger partial charge on any atom is 0.263 e. The van der Waals surface area contributed by atoms with E-state index in [9.17, 15) is 9.59 Å². The summed E-state index contributed by atoms with van der Waals surface area (Å²) in [7, 11) is 0. The second-order valence-corrected chi connectivity index (χ2v) is 9.83. The van der Waals surface area contributed by atoms with E-state index in [1.54, 1.807) is 6.92 Å². The number of nitrogens with zero attached hydrogens (tertiary/aromatic N) is 4. The van der Waals surface area contributed by atoms with Crippen molar-refractivity contribution in [1.29, 1.82) is 0 Å². The normalized spacial score (nSPS) is 26.2. The van der Waals surface area contributed by atoms with Gasteiger partial charge < -0.3 is 14.7 Å². The average molecular weight is 418 g/mol. The van der Waals surface area contributed by atoms with E-state index < -0.39 is 5.41 Å². The minimum atomic E-state index is -0.400. The molecule has 1 saturated carbocycles. The molecule has 3 atom stereocenters. The SMILES string of the molecule is Cc1noc(C23CC(NC(=O)c4sc(C)nc4C)CC2CN(C(=O)C(C)C)C3)n1. The van der Waals surface area contributed by atoms with Crippen molar-refractivity contribution in [3.8, 4) is 0 Å². The van der Waals surface area contributed by atoms with Crippen molar-refractivity contribution in [3.05, 3.63) is 27.3 Å². The third kappa shape index (κ3) is 3.45. The summed E-state index contributed by atoms with van der Waals surface area (Å²) in [6.07, 6.45) is 1.47. The van der Waals surface area contributed by atoms with Gasteiger partial charge in [0, 0.05) is 25.0 Å². The molecule has 8 nitrogen and oxygen atoms in total. The maximum absolute atomic E-state index is 12.8. The van der Waals surface area contributed by atoms with Crippen LogP contribution in [0.3, 0.4) is 0 Å². The van der Waals surface area contributed by atoms with Crippen LogP contribution in [0.4, 0.5) is 0 Å². The zero-order chi connectivity index (χ0) is 20.9. The Morgan fingerprint density at radius 1 is 1.28 bits per heavy atom. The number of carbonyl (C=O) groups is 2. The highest BCUT2D eigenvalue weighted by atomic mass is 32.1. The monoisotopic (exact) mass is 417 g/mol. The summed E-state index contributed by atoms with van der Waals surface area (Å²) in [5.74, 6) is 1.37. The van der Waals surface area contributed by atoms with Crippen LogP contribution < -0.4 is 5.32 Å². The average Bonchev–Trinajstić information content (AvgIpc) is 3.36. The third-order valence-corrected chi connectivity index (χ3v) is 7.15. The number of rotatable bonds is 4. The van der Waals surface area contributed by atoms with Gasteiger partial charge in [0.1, 0.15) is 4.88 Å². The number of thiazole rings is 1. The Balaban J connectivity index is 1.56. The molecule has 9 heteroatoms. The number of carbonyl (C=O) groups excluding carboxylic acids is 2. The van der Waals surface area contributed by atoms with Gasteiger partial charge in [-0.15, -0.1) is 11.3 Å². The molecule has 0 bridgehead atoms. The lowest BCUT2D eigenvalue weighted by Gasteiger charge is -2.26. The summed E-state index contributed by atoms with van der Waals surface area (Å²) >= 11 is 1.42. The molecule has 4 rings (SSSR count). The third-order valence-electron chi connectivity index (χ3n) is 6.08. The van der Waals surface area contributed by atoms with Crippen LogP contribution >= 0.6 is 11.3 Å². The topological polar surface area (TPSA) is 101 Å². The predicted octanol–water partition coefficient (Wildman–Crippen LogP) is 2.40. The fourth-order valence-corrected chi connectivity index (χ4v) is 5.66. The molecule has 2 aliphatic rings. The van der Waals surface area contributed by atoms with Crippen LogP contribution in [0.15, 0.2) is 4.52 Å². The van der Waals surface area contributed by atoms with Crippen molar-refractivity contribution in [3.63, 3.8) is 0 Å². The van der Waals surface area contributed by atoms with E-state index in [-0.39, 0.29) is 29.7 Å². The van der Waals surface area contributed by atoms with Gasteiger partial charge in [-0.05, 0) is 39.5 Å². The van der Waals surface area contributed by atoms with E-state index in [2.05, 4.69) is 20.4 Å². The smallest absolute Gasteiger partial charge is 0.263 e. The molecule has 3 heterocycles. The summed E-state index contributed by atoms with van der Waals surface area (Å²) in [6, 6.07) is -0.00202. The molecule has 2 amide bonds. The van der Waals surface area contributed by atoms with Gasteiger partial charge in [0.25, 0.3) is 5.91 Å². The summed E-state index contributed by atoms with van der Waals surface area (Å²) < 4.78 is 5.58. The zero-order valence-electron chi connectivity index (χ0n) is 17.5. The highest BCUT2D eigenvalue weighted by Crippen LogP contribution is 2.50. The van der Waals surface area contributed by atoms with E-state index in [1.165, 1.54) is 11.3 Å². The Morgan fingerprint density at radius 3 is 2.62 bits per heavy atom. The maximum atomic E-state index is 12.8. The van der Waals surface area contributed by atoms with Gasteiger partial charge in [-0.1, -0.05) is 19.0 Å². The fraction of sp³-hybridized carbons (Fsp3) is 0.650. The van der Waals surface area contributed by atoms with E-state index in [4.69, 9.17) is 4.52 Å². The molecule has 0 radical (unpaired) electrons. The fourth-order valence-electron chi connectivity index (χ4n) is 4.84. The zero-order valence-corrected chi connectivity index (χ0v) is 18.3. The first-order valence-corrected chi connectivity index (χ1v) is 10.9. The van der Waals surface area contributed by atoms with E-state index in [0.29, 0.717) is 36.1 Å². The lowest BCUT2D eigenvalue weighted by atomic mass is 9.80. The van der Waals surface area contributed by atoms with Crippen LogP contribution in [0.5, 0.6) is 0 Å². The number of fused-ring (bicyclic) bond motifs is 1. The molecule has 3 unspecified atom stereocenters. The molecule has 29 heavy (non-hydrogen) atoms. The molecule has 0 spiro atoms. The molecule has 1 aliphatic carbocycles. The number of hydrogen-bond acceptors (Lipinski definition) is 7. The molecule has 2 fully saturated rings. The quantitative estimate of drug-likeness (QED) is 0.820. The highest BCUT2D eigenvalue weighted by molar-refractivity contribution is 7.13. The number of hydrogen-bond donors (Lipinski definition) is 1. The standard InChI is InChI=1S/C20H27N5O3S/c1-10(2)18(27)25-8-14-6-15(23-17(26)16-11(3)21-13(5)29-16)7-20(14,9-25)19-22-12(4)24-28-19/h10,14-15H,6-9H2,1-5H3,(H,23,26).